The van der Waals surface area contributed by atoms with Gasteiger partial charge in [-0.1, -0.05) is 18.2 Å². The molecule has 0 N–H and O–H groups in total. The second kappa shape index (κ2) is 6.78. The fourth-order valence-corrected chi connectivity index (χ4v) is 4.18. The largest absolute Gasteiger partial charge is 0.275 e. The van der Waals surface area contributed by atoms with Crippen LogP contribution in [0.3, 0.4) is 0 Å². The molecule has 0 unspecified atom stereocenters. The number of halogens is 1. The van der Waals surface area contributed by atoms with Crippen molar-refractivity contribution >= 4 is 21.6 Å². The van der Waals surface area contributed by atoms with Crippen molar-refractivity contribution in [2.24, 2.45) is 7.05 Å². The van der Waals surface area contributed by atoms with Crippen LogP contribution in [0.15, 0.2) is 65.7 Å². The molecule has 4 aromatic heterocycles. The Bertz CT molecular complexity index is 1420. The zero-order chi connectivity index (χ0) is 21.0. The maximum Gasteiger partial charge on any atom is 0.177 e. The van der Waals surface area contributed by atoms with Crippen LogP contribution in [0.4, 0.5) is 0 Å². The van der Waals surface area contributed by atoms with E-state index in [0.717, 1.165) is 45.6 Å². The fraction of sp³-hybridized carbons (Fsp3) is 0.182. The molecule has 4 heterocycles. The Morgan fingerprint density at radius 3 is 2.55 bits per heavy atom. The first kappa shape index (κ1) is 18.3. The number of fused-ring (bicyclic) bond motifs is 1. The molecule has 1 aliphatic rings. The minimum Gasteiger partial charge on any atom is -0.275 e. The minimum atomic E-state index is -0.203. The van der Waals surface area contributed by atoms with E-state index in [9.17, 15) is 0 Å². The van der Waals surface area contributed by atoms with Gasteiger partial charge < -0.3 is 0 Å². The van der Waals surface area contributed by atoms with E-state index >= 15 is 0 Å². The summed E-state index contributed by atoms with van der Waals surface area (Å²) in [6.45, 7) is 0. The summed E-state index contributed by atoms with van der Waals surface area (Å²) < 4.78 is 4.50. The molecule has 0 amide bonds. The summed E-state index contributed by atoms with van der Waals surface area (Å²) in [5.74, 6) is 1.56. The third-order valence-electron chi connectivity index (χ3n) is 5.74. The zero-order valence-corrected chi connectivity index (χ0v) is 18.2. The van der Waals surface area contributed by atoms with Gasteiger partial charge in [-0.05, 0) is 52.5 Å². The van der Waals surface area contributed by atoms with Crippen molar-refractivity contribution in [3.63, 3.8) is 0 Å². The van der Waals surface area contributed by atoms with E-state index in [1.54, 1.807) is 17.1 Å². The Morgan fingerprint density at radius 1 is 0.968 bits per heavy atom. The molecule has 5 aromatic rings. The van der Waals surface area contributed by atoms with E-state index in [-0.39, 0.29) is 5.41 Å². The lowest BCUT2D eigenvalue weighted by molar-refractivity contribution is 0.705. The monoisotopic (exact) mass is 472 g/mol. The summed E-state index contributed by atoms with van der Waals surface area (Å²) in [5.41, 5.74) is 4.50. The van der Waals surface area contributed by atoms with E-state index in [4.69, 9.17) is 5.10 Å². The molecular weight excluding hydrogens is 456 g/mol. The molecule has 0 bridgehead atoms. The van der Waals surface area contributed by atoms with Crippen molar-refractivity contribution in [3.05, 3.63) is 77.0 Å². The first-order chi connectivity index (χ1) is 15.1. The van der Waals surface area contributed by atoms with Crippen molar-refractivity contribution in [1.82, 2.24) is 39.6 Å². The summed E-state index contributed by atoms with van der Waals surface area (Å²) >= 11 is 3.39. The number of hydrogen-bond donors (Lipinski definition) is 0. The summed E-state index contributed by atoms with van der Waals surface area (Å²) in [7, 11) is 1.90. The van der Waals surface area contributed by atoms with Crippen LogP contribution in [0.2, 0.25) is 0 Å². The number of rotatable bonds is 4. The summed E-state index contributed by atoms with van der Waals surface area (Å²) in [6.07, 6.45) is 9.28. The lowest BCUT2D eigenvalue weighted by Gasteiger charge is -2.15. The van der Waals surface area contributed by atoms with E-state index in [1.165, 1.54) is 5.56 Å². The molecule has 152 valence electrons. The number of benzene rings is 1. The minimum absolute atomic E-state index is 0.203. The number of hydrogen-bond acceptors (Lipinski definition) is 6. The second-order valence-electron chi connectivity index (χ2n) is 7.80. The Morgan fingerprint density at radius 2 is 1.81 bits per heavy atom. The lowest BCUT2D eigenvalue weighted by Crippen LogP contribution is -2.15. The van der Waals surface area contributed by atoms with Crippen LogP contribution < -0.4 is 0 Å². The number of aryl methyl sites for hydroxylation is 1. The van der Waals surface area contributed by atoms with Crippen molar-refractivity contribution in [2.45, 2.75) is 18.3 Å². The molecule has 9 heteroatoms. The van der Waals surface area contributed by atoms with Gasteiger partial charge in [0.25, 0.3) is 0 Å². The van der Waals surface area contributed by atoms with Crippen molar-refractivity contribution in [1.29, 1.82) is 0 Å². The summed E-state index contributed by atoms with van der Waals surface area (Å²) in [4.78, 5) is 8.88. The van der Waals surface area contributed by atoms with Gasteiger partial charge in [-0.2, -0.15) is 14.7 Å². The predicted octanol–water partition coefficient (Wildman–Crippen LogP) is 3.82. The smallest absolute Gasteiger partial charge is 0.177 e. The Hall–Kier alpha value is -3.46. The quantitative estimate of drug-likeness (QED) is 0.395. The van der Waals surface area contributed by atoms with E-state index in [0.29, 0.717) is 5.82 Å². The Labute approximate surface area is 186 Å². The van der Waals surface area contributed by atoms with Gasteiger partial charge in [0.2, 0.25) is 0 Å². The van der Waals surface area contributed by atoms with E-state index < -0.39 is 0 Å². The normalized spacial score (nSPS) is 14.8. The molecule has 8 nitrogen and oxygen atoms in total. The summed E-state index contributed by atoms with van der Waals surface area (Å²) in [5, 5.41) is 18.0. The van der Waals surface area contributed by atoms with Crippen molar-refractivity contribution < 1.29 is 0 Å². The average Bonchev–Trinajstić information content (AvgIpc) is 3.30. The molecular formula is C22H17BrN8. The molecule has 1 aliphatic carbocycles. The fourth-order valence-electron chi connectivity index (χ4n) is 3.98. The molecule has 0 saturated heterocycles. The SMILES string of the molecule is Cn1cc(-c2ccc3nnc(C4(c5cccc(-c6ncc(Br)cn6)c5)CC4)n3n2)cn1. The van der Waals surface area contributed by atoms with Crippen LogP contribution in [0, 0.1) is 0 Å². The third kappa shape index (κ3) is 3.04. The van der Waals surface area contributed by atoms with Gasteiger partial charge in [0.05, 0.1) is 21.8 Å². The maximum atomic E-state index is 4.85. The van der Waals surface area contributed by atoms with Crippen LogP contribution in [0.1, 0.15) is 24.2 Å². The maximum absolute atomic E-state index is 4.85. The molecule has 0 aliphatic heterocycles. The van der Waals surface area contributed by atoms with Crippen LogP contribution in [0.25, 0.3) is 28.3 Å². The Kier molecular flexibility index (Phi) is 4.01. The molecule has 6 rings (SSSR count). The van der Waals surface area contributed by atoms with Gasteiger partial charge in [0.1, 0.15) is 0 Å². The molecule has 1 saturated carbocycles. The van der Waals surface area contributed by atoms with Crippen molar-refractivity contribution in [2.75, 3.05) is 0 Å². The first-order valence-electron chi connectivity index (χ1n) is 9.93. The third-order valence-corrected chi connectivity index (χ3v) is 6.14. The first-order valence-corrected chi connectivity index (χ1v) is 10.7. The molecule has 0 spiro atoms. The van der Waals surface area contributed by atoms with Crippen LogP contribution in [-0.2, 0) is 12.5 Å². The zero-order valence-electron chi connectivity index (χ0n) is 16.6. The molecule has 31 heavy (non-hydrogen) atoms. The van der Waals surface area contributed by atoms with Gasteiger partial charge in [-0.3, -0.25) is 4.68 Å². The van der Waals surface area contributed by atoms with E-state index in [2.05, 4.69) is 53.3 Å². The number of nitrogens with zero attached hydrogens (tertiary/aromatic N) is 8. The van der Waals surface area contributed by atoms with Crippen LogP contribution >= 0.6 is 15.9 Å². The van der Waals surface area contributed by atoms with Gasteiger partial charge in [-0.25, -0.2) is 9.97 Å². The standard InChI is InChI=1S/C22H17BrN8/c1-30-13-15(10-26-30)18-5-6-19-27-28-21(31(19)29-18)22(7-8-22)16-4-2-3-14(9-16)20-24-11-17(23)12-25-20/h2-6,9-13H,7-8H2,1H3. The van der Waals surface area contributed by atoms with E-state index in [1.807, 2.05) is 48.2 Å². The van der Waals surface area contributed by atoms with Crippen LogP contribution in [-0.4, -0.2) is 39.6 Å². The van der Waals surface area contributed by atoms with Gasteiger partial charge in [0, 0.05) is 36.8 Å². The highest BCUT2D eigenvalue weighted by Gasteiger charge is 2.50. The predicted molar refractivity (Wildman–Crippen MR) is 118 cm³/mol. The highest BCUT2D eigenvalue weighted by atomic mass is 79.9. The lowest BCUT2D eigenvalue weighted by atomic mass is 9.93. The highest BCUT2D eigenvalue weighted by Crippen LogP contribution is 2.53. The van der Waals surface area contributed by atoms with Crippen LogP contribution in [0.5, 0.6) is 0 Å². The number of aromatic nitrogens is 8. The molecule has 0 radical (unpaired) electrons. The van der Waals surface area contributed by atoms with Crippen molar-refractivity contribution in [3.8, 4) is 22.6 Å². The Balaban J connectivity index is 1.44. The second-order valence-corrected chi connectivity index (χ2v) is 8.72. The summed E-state index contributed by atoms with van der Waals surface area (Å²) in [6, 6.07) is 12.3. The van der Waals surface area contributed by atoms with Gasteiger partial charge in [-0.15, -0.1) is 10.2 Å². The topological polar surface area (TPSA) is 86.7 Å². The molecule has 0 atom stereocenters. The molecule has 1 aromatic carbocycles. The van der Waals surface area contributed by atoms with Gasteiger partial charge in [0.15, 0.2) is 17.3 Å². The average molecular weight is 473 g/mol. The van der Waals surface area contributed by atoms with Gasteiger partial charge >= 0.3 is 0 Å². The highest BCUT2D eigenvalue weighted by molar-refractivity contribution is 9.10. The molecule has 1 fully saturated rings.